The van der Waals surface area contributed by atoms with Crippen LogP contribution in [0.5, 0.6) is 11.5 Å². The van der Waals surface area contributed by atoms with Gasteiger partial charge in [0.05, 0.1) is 30.4 Å². The first kappa shape index (κ1) is 21.7. The molecule has 158 valence electrons. The summed E-state index contributed by atoms with van der Waals surface area (Å²) < 4.78 is 12.1. The molecule has 0 radical (unpaired) electrons. The Morgan fingerprint density at radius 2 is 1.80 bits per heavy atom. The summed E-state index contributed by atoms with van der Waals surface area (Å²) in [5, 5.41) is 3.60. The standard InChI is InChI=1S/C22H25N3O4S/c1-5-19(20(26)23-14-11-15(28-3)13-16(12-14)29-4)30-22-24-18-10-8-7-9-17(18)21(27)25(22)6-2/h7-13,19H,5-6H2,1-4H3,(H,23,26). The van der Waals surface area contributed by atoms with Gasteiger partial charge in [-0.15, -0.1) is 0 Å². The van der Waals surface area contributed by atoms with Gasteiger partial charge in [-0.3, -0.25) is 14.2 Å². The summed E-state index contributed by atoms with van der Waals surface area (Å²) in [4.78, 5) is 30.4. The molecule has 30 heavy (non-hydrogen) atoms. The Kier molecular flexibility index (Phi) is 6.99. The fourth-order valence-corrected chi connectivity index (χ4v) is 4.15. The van der Waals surface area contributed by atoms with Crippen molar-refractivity contribution in [3.63, 3.8) is 0 Å². The van der Waals surface area contributed by atoms with Gasteiger partial charge in [-0.2, -0.15) is 0 Å². The van der Waals surface area contributed by atoms with Gasteiger partial charge in [-0.05, 0) is 25.5 Å². The Hall–Kier alpha value is -3.00. The van der Waals surface area contributed by atoms with E-state index in [0.29, 0.717) is 46.2 Å². The van der Waals surface area contributed by atoms with Crippen molar-refractivity contribution in [1.82, 2.24) is 9.55 Å². The number of nitrogens with zero attached hydrogens (tertiary/aromatic N) is 2. The average Bonchev–Trinajstić information content (AvgIpc) is 2.77. The van der Waals surface area contributed by atoms with Gasteiger partial charge < -0.3 is 14.8 Å². The number of carbonyl (C=O) groups is 1. The van der Waals surface area contributed by atoms with Crippen molar-refractivity contribution in [2.45, 2.75) is 37.2 Å². The fourth-order valence-electron chi connectivity index (χ4n) is 3.07. The maximum absolute atomic E-state index is 13.0. The van der Waals surface area contributed by atoms with E-state index in [-0.39, 0.29) is 11.5 Å². The number of carbonyl (C=O) groups excluding carboxylic acids is 1. The second kappa shape index (κ2) is 9.67. The second-order valence-corrected chi connectivity index (χ2v) is 7.74. The summed E-state index contributed by atoms with van der Waals surface area (Å²) in [6, 6.07) is 12.4. The molecule has 1 atom stereocenters. The van der Waals surface area contributed by atoms with E-state index >= 15 is 0 Å². The first-order valence-electron chi connectivity index (χ1n) is 9.70. The molecule has 1 heterocycles. The number of aromatic nitrogens is 2. The van der Waals surface area contributed by atoms with Crippen molar-refractivity contribution in [2.24, 2.45) is 0 Å². The van der Waals surface area contributed by atoms with Crippen LogP contribution >= 0.6 is 11.8 Å². The summed E-state index contributed by atoms with van der Waals surface area (Å²) in [7, 11) is 3.11. The van der Waals surface area contributed by atoms with E-state index in [1.165, 1.54) is 11.8 Å². The Bertz CT molecular complexity index is 1090. The quantitative estimate of drug-likeness (QED) is 0.433. The number of thioether (sulfide) groups is 1. The maximum Gasteiger partial charge on any atom is 0.262 e. The first-order chi connectivity index (χ1) is 14.5. The smallest absolute Gasteiger partial charge is 0.262 e. The van der Waals surface area contributed by atoms with Crippen LogP contribution < -0.4 is 20.3 Å². The minimum atomic E-state index is -0.423. The fraction of sp³-hybridized carbons (Fsp3) is 0.318. The molecule has 0 aliphatic carbocycles. The highest BCUT2D eigenvalue weighted by molar-refractivity contribution is 8.00. The number of rotatable bonds is 8. The monoisotopic (exact) mass is 427 g/mol. The molecular weight excluding hydrogens is 402 g/mol. The van der Waals surface area contributed by atoms with Gasteiger partial charge in [0.25, 0.3) is 5.56 Å². The summed E-state index contributed by atoms with van der Waals surface area (Å²) >= 11 is 1.29. The molecule has 0 saturated carbocycles. The molecule has 0 bridgehead atoms. The number of hydrogen-bond donors (Lipinski definition) is 1. The van der Waals surface area contributed by atoms with Crippen molar-refractivity contribution < 1.29 is 14.3 Å². The second-order valence-electron chi connectivity index (χ2n) is 6.57. The maximum atomic E-state index is 13.0. The molecule has 3 aromatic rings. The van der Waals surface area contributed by atoms with Crippen LogP contribution in [0.2, 0.25) is 0 Å². The number of ether oxygens (including phenoxy) is 2. The molecule has 1 unspecified atom stereocenters. The minimum absolute atomic E-state index is 0.0987. The molecule has 0 fully saturated rings. The van der Waals surface area contributed by atoms with Gasteiger partial charge in [-0.1, -0.05) is 30.8 Å². The molecule has 3 rings (SSSR count). The molecular formula is C22H25N3O4S. The largest absolute Gasteiger partial charge is 0.497 e. The van der Waals surface area contributed by atoms with Gasteiger partial charge >= 0.3 is 0 Å². The van der Waals surface area contributed by atoms with Crippen LogP contribution in [0, 0.1) is 0 Å². The number of amides is 1. The predicted octanol–water partition coefficient (Wildman–Crippen LogP) is 3.94. The van der Waals surface area contributed by atoms with Crippen molar-refractivity contribution in [1.29, 1.82) is 0 Å². The van der Waals surface area contributed by atoms with E-state index in [1.54, 1.807) is 43.1 Å². The number of hydrogen-bond acceptors (Lipinski definition) is 6. The molecule has 8 heteroatoms. The van der Waals surface area contributed by atoms with Gasteiger partial charge in [0.2, 0.25) is 5.91 Å². The number of anilines is 1. The highest BCUT2D eigenvalue weighted by Crippen LogP contribution is 2.29. The Labute approximate surface area is 179 Å². The van der Waals surface area contributed by atoms with Gasteiger partial charge in [0.1, 0.15) is 11.5 Å². The van der Waals surface area contributed by atoms with Crippen LogP contribution in [-0.4, -0.2) is 34.9 Å². The van der Waals surface area contributed by atoms with Crippen molar-refractivity contribution in [3.8, 4) is 11.5 Å². The van der Waals surface area contributed by atoms with E-state index in [0.717, 1.165) is 0 Å². The summed E-state index contributed by atoms with van der Waals surface area (Å²) in [6.45, 7) is 4.30. The Morgan fingerprint density at radius 3 is 2.40 bits per heavy atom. The number of methoxy groups -OCH3 is 2. The third kappa shape index (κ3) is 4.59. The van der Waals surface area contributed by atoms with Crippen LogP contribution in [0.3, 0.4) is 0 Å². The van der Waals surface area contributed by atoms with Crippen molar-refractivity contribution >= 4 is 34.3 Å². The van der Waals surface area contributed by atoms with Crippen LogP contribution in [0.25, 0.3) is 10.9 Å². The Morgan fingerprint density at radius 1 is 1.13 bits per heavy atom. The topological polar surface area (TPSA) is 82.5 Å². The van der Waals surface area contributed by atoms with Crippen LogP contribution in [0.4, 0.5) is 5.69 Å². The average molecular weight is 428 g/mol. The summed E-state index contributed by atoms with van der Waals surface area (Å²) in [5.41, 5.74) is 1.11. The van der Waals surface area contributed by atoms with Crippen molar-refractivity contribution in [3.05, 3.63) is 52.8 Å². The number of fused-ring (bicyclic) bond motifs is 1. The zero-order valence-corrected chi connectivity index (χ0v) is 18.3. The van der Waals surface area contributed by atoms with E-state index in [1.807, 2.05) is 32.0 Å². The zero-order valence-electron chi connectivity index (χ0n) is 17.5. The van der Waals surface area contributed by atoms with Crippen molar-refractivity contribution in [2.75, 3.05) is 19.5 Å². The zero-order chi connectivity index (χ0) is 21.7. The van der Waals surface area contributed by atoms with E-state index < -0.39 is 5.25 Å². The lowest BCUT2D eigenvalue weighted by Crippen LogP contribution is -2.28. The molecule has 1 amide bonds. The van der Waals surface area contributed by atoms with Crippen LogP contribution in [0.15, 0.2) is 52.4 Å². The number of benzene rings is 2. The molecule has 0 aliphatic heterocycles. The van der Waals surface area contributed by atoms with Crippen LogP contribution in [0.1, 0.15) is 20.3 Å². The highest BCUT2D eigenvalue weighted by atomic mass is 32.2. The lowest BCUT2D eigenvalue weighted by Gasteiger charge is -2.18. The van der Waals surface area contributed by atoms with Gasteiger partial charge in [0.15, 0.2) is 5.16 Å². The molecule has 2 aromatic carbocycles. The molecule has 0 saturated heterocycles. The Balaban J connectivity index is 1.88. The van der Waals surface area contributed by atoms with E-state index in [9.17, 15) is 9.59 Å². The predicted molar refractivity (Wildman–Crippen MR) is 120 cm³/mol. The minimum Gasteiger partial charge on any atom is -0.497 e. The molecule has 0 aliphatic rings. The summed E-state index contributed by atoms with van der Waals surface area (Å²) in [6.07, 6.45) is 0.573. The van der Waals surface area contributed by atoms with Crippen LogP contribution in [-0.2, 0) is 11.3 Å². The SMILES string of the molecule is CCC(Sc1nc2ccccc2c(=O)n1CC)C(=O)Nc1cc(OC)cc(OC)c1. The van der Waals surface area contributed by atoms with E-state index in [2.05, 4.69) is 10.3 Å². The lowest BCUT2D eigenvalue weighted by atomic mass is 10.2. The highest BCUT2D eigenvalue weighted by Gasteiger charge is 2.22. The first-order valence-corrected chi connectivity index (χ1v) is 10.6. The van der Waals surface area contributed by atoms with E-state index in [4.69, 9.17) is 9.47 Å². The lowest BCUT2D eigenvalue weighted by molar-refractivity contribution is -0.115. The molecule has 7 nitrogen and oxygen atoms in total. The molecule has 1 aromatic heterocycles. The summed E-state index contributed by atoms with van der Waals surface area (Å²) in [5.74, 6) is 0.991. The molecule has 0 spiro atoms. The number of nitrogens with one attached hydrogen (secondary N) is 1. The molecule has 1 N–H and O–H groups in total. The normalized spacial score (nSPS) is 11.9. The number of para-hydroxylation sites is 1. The van der Waals surface area contributed by atoms with Gasteiger partial charge in [0, 0.05) is 30.4 Å². The third-order valence-electron chi connectivity index (χ3n) is 4.67. The van der Waals surface area contributed by atoms with Gasteiger partial charge in [-0.25, -0.2) is 4.98 Å². The third-order valence-corrected chi connectivity index (χ3v) is 6.03.